The maximum atomic E-state index is 12.4. The van der Waals surface area contributed by atoms with E-state index in [1.807, 2.05) is 0 Å². The van der Waals surface area contributed by atoms with Crippen LogP contribution in [0, 0.1) is 24.0 Å². The second kappa shape index (κ2) is 7.40. The molecule has 26 heavy (non-hydrogen) atoms. The summed E-state index contributed by atoms with van der Waals surface area (Å²) >= 11 is 0. The molecule has 0 unspecified atom stereocenters. The van der Waals surface area contributed by atoms with Crippen LogP contribution in [0.15, 0.2) is 40.3 Å². The van der Waals surface area contributed by atoms with Crippen LogP contribution in [0.5, 0.6) is 11.5 Å². The number of aromatic hydroxyl groups is 1. The van der Waals surface area contributed by atoms with Gasteiger partial charge >= 0.3 is 5.69 Å². The molecule has 0 radical (unpaired) electrons. The highest BCUT2D eigenvalue weighted by atomic mass is 32.2. The Bertz CT molecular complexity index is 986. The van der Waals surface area contributed by atoms with Crippen LogP contribution in [-0.4, -0.2) is 31.8 Å². The van der Waals surface area contributed by atoms with Crippen molar-refractivity contribution in [3.8, 4) is 11.5 Å². The molecule has 0 aliphatic carbocycles. The molecular formula is C16H17N3O6S. The van der Waals surface area contributed by atoms with Crippen LogP contribution in [0.2, 0.25) is 0 Å². The molecule has 138 valence electrons. The number of sulfonamides is 1. The number of hydrogen-bond donors (Lipinski definition) is 2. The fraction of sp³-hybridized carbons (Fsp3) is 0.188. The lowest BCUT2D eigenvalue weighted by Gasteiger charge is -2.08. The maximum absolute atomic E-state index is 12.4. The molecule has 0 heterocycles. The summed E-state index contributed by atoms with van der Waals surface area (Å²) in [6, 6.07) is 7.33. The molecule has 10 heteroatoms. The quantitative estimate of drug-likeness (QED) is 0.449. The second-order valence-electron chi connectivity index (χ2n) is 5.47. The number of nitro benzene ring substituents is 1. The van der Waals surface area contributed by atoms with Gasteiger partial charge in [-0.1, -0.05) is 12.1 Å². The van der Waals surface area contributed by atoms with Gasteiger partial charge in [0.15, 0.2) is 5.75 Å². The summed E-state index contributed by atoms with van der Waals surface area (Å²) in [5.74, 6) is -0.747. The lowest BCUT2D eigenvalue weighted by Crippen LogP contribution is -2.19. The average molecular weight is 379 g/mol. The van der Waals surface area contributed by atoms with Gasteiger partial charge in [0.05, 0.1) is 23.1 Å². The van der Waals surface area contributed by atoms with Crippen molar-refractivity contribution in [3.05, 3.63) is 57.1 Å². The molecule has 0 saturated carbocycles. The zero-order valence-electron chi connectivity index (χ0n) is 14.3. The monoisotopic (exact) mass is 379 g/mol. The van der Waals surface area contributed by atoms with Crippen molar-refractivity contribution in [2.75, 3.05) is 7.11 Å². The molecular weight excluding hydrogens is 362 g/mol. The molecule has 0 saturated heterocycles. The number of phenols is 1. The first-order valence-electron chi connectivity index (χ1n) is 7.33. The number of nitrogens with zero attached hydrogens (tertiary/aromatic N) is 2. The van der Waals surface area contributed by atoms with Crippen molar-refractivity contribution in [3.63, 3.8) is 0 Å². The smallest absolute Gasteiger partial charge is 0.315 e. The zero-order chi connectivity index (χ0) is 19.5. The number of rotatable bonds is 6. The number of hydrazone groups is 1. The van der Waals surface area contributed by atoms with E-state index in [0.717, 1.165) is 17.8 Å². The molecule has 0 fully saturated rings. The minimum Gasteiger partial charge on any atom is -0.500 e. The summed E-state index contributed by atoms with van der Waals surface area (Å²) in [6.45, 7) is 3.43. The Labute approximate surface area is 150 Å². The van der Waals surface area contributed by atoms with Gasteiger partial charge < -0.3 is 9.84 Å². The summed E-state index contributed by atoms with van der Waals surface area (Å²) in [4.78, 5) is 12.3. The third kappa shape index (κ3) is 4.09. The third-order valence-corrected chi connectivity index (χ3v) is 4.88. The van der Waals surface area contributed by atoms with Crippen molar-refractivity contribution in [2.45, 2.75) is 18.7 Å². The van der Waals surface area contributed by atoms with Gasteiger partial charge in [0.25, 0.3) is 10.0 Å². The topological polar surface area (TPSA) is 131 Å². The average Bonchev–Trinajstić information content (AvgIpc) is 2.57. The summed E-state index contributed by atoms with van der Waals surface area (Å²) < 4.78 is 29.6. The maximum Gasteiger partial charge on any atom is 0.315 e. The molecule has 2 aromatic rings. The first-order valence-corrected chi connectivity index (χ1v) is 8.81. The number of phenolic OH excluding ortho intramolecular Hbond substituents is 1. The largest absolute Gasteiger partial charge is 0.500 e. The fourth-order valence-corrected chi connectivity index (χ4v) is 3.32. The van der Waals surface area contributed by atoms with Crippen molar-refractivity contribution < 1.29 is 23.2 Å². The third-order valence-electron chi connectivity index (χ3n) is 3.51. The van der Waals surface area contributed by atoms with Crippen molar-refractivity contribution in [1.82, 2.24) is 4.83 Å². The Kier molecular flexibility index (Phi) is 5.46. The van der Waals surface area contributed by atoms with Crippen LogP contribution < -0.4 is 9.57 Å². The van der Waals surface area contributed by atoms with Gasteiger partial charge in [0, 0.05) is 11.6 Å². The zero-order valence-corrected chi connectivity index (χ0v) is 15.1. The molecule has 2 N–H and O–H groups in total. The van der Waals surface area contributed by atoms with E-state index in [9.17, 15) is 23.6 Å². The Morgan fingerprint density at radius 3 is 2.58 bits per heavy atom. The van der Waals surface area contributed by atoms with Crippen LogP contribution in [0.1, 0.15) is 16.7 Å². The van der Waals surface area contributed by atoms with E-state index in [4.69, 9.17) is 4.74 Å². The number of nitrogens with one attached hydrogen (secondary N) is 1. The molecule has 0 aromatic heterocycles. The van der Waals surface area contributed by atoms with E-state index in [1.165, 1.54) is 19.2 Å². The van der Waals surface area contributed by atoms with Gasteiger partial charge in [-0.3, -0.25) is 10.1 Å². The Morgan fingerprint density at radius 2 is 1.96 bits per heavy atom. The van der Waals surface area contributed by atoms with Crippen molar-refractivity contribution >= 4 is 21.9 Å². The molecule has 0 amide bonds. The summed E-state index contributed by atoms with van der Waals surface area (Å²) in [6.07, 6.45) is 1.08. The van der Waals surface area contributed by atoms with E-state index < -0.39 is 26.4 Å². The number of benzene rings is 2. The van der Waals surface area contributed by atoms with Crippen LogP contribution in [-0.2, 0) is 10.0 Å². The highest BCUT2D eigenvalue weighted by Crippen LogP contribution is 2.36. The number of aryl methyl sites for hydroxylation is 2. The molecule has 0 atom stereocenters. The number of methoxy groups -OCH3 is 1. The van der Waals surface area contributed by atoms with Gasteiger partial charge in [0.1, 0.15) is 0 Å². The number of ether oxygens (including phenoxy) is 1. The Morgan fingerprint density at radius 1 is 1.27 bits per heavy atom. The SMILES string of the molecule is COc1cc(/C=N\NS(=O)(=O)c2cc(C)ccc2C)cc([N+](=O)[O-])c1O. The Hall–Kier alpha value is -3.14. The predicted octanol–water partition coefficient (Wildman–Crippen LogP) is 2.24. The molecule has 0 aliphatic rings. The highest BCUT2D eigenvalue weighted by molar-refractivity contribution is 7.89. The van der Waals surface area contributed by atoms with E-state index in [0.29, 0.717) is 5.56 Å². The van der Waals surface area contributed by atoms with Crippen LogP contribution in [0.3, 0.4) is 0 Å². The van der Waals surface area contributed by atoms with E-state index in [1.54, 1.807) is 26.0 Å². The minimum absolute atomic E-state index is 0.0870. The van der Waals surface area contributed by atoms with Crippen molar-refractivity contribution in [1.29, 1.82) is 0 Å². The van der Waals surface area contributed by atoms with Crippen LogP contribution in [0.4, 0.5) is 5.69 Å². The van der Waals surface area contributed by atoms with Crippen LogP contribution in [0.25, 0.3) is 0 Å². The molecule has 2 rings (SSSR count). The normalized spacial score (nSPS) is 11.5. The van der Waals surface area contributed by atoms with E-state index in [2.05, 4.69) is 9.93 Å². The Balaban J connectivity index is 2.32. The molecule has 2 aromatic carbocycles. The van der Waals surface area contributed by atoms with Gasteiger partial charge in [-0.25, -0.2) is 4.83 Å². The first kappa shape index (κ1) is 19.2. The summed E-state index contributed by atoms with van der Waals surface area (Å²) in [5, 5.41) is 24.3. The first-order chi connectivity index (χ1) is 12.2. The lowest BCUT2D eigenvalue weighted by atomic mass is 10.2. The fourth-order valence-electron chi connectivity index (χ4n) is 2.20. The second-order valence-corrected chi connectivity index (χ2v) is 7.10. The number of nitro groups is 1. The van der Waals surface area contributed by atoms with E-state index in [-0.39, 0.29) is 16.2 Å². The van der Waals surface area contributed by atoms with Gasteiger partial charge in [-0.05, 0) is 37.1 Å². The van der Waals surface area contributed by atoms with Gasteiger partial charge in [0.2, 0.25) is 5.75 Å². The lowest BCUT2D eigenvalue weighted by molar-refractivity contribution is -0.386. The molecule has 0 spiro atoms. The minimum atomic E-state index is -3.90. The standard InChI is InChI=1S/C16H17N3O6S/c1-10-4-5-11(2)15(6-10)26(23,24)18-17-9-12-7-13(19(21)22)16(20)14(8-12)25-3/h4-9,18,20H,1-3H3/b17-9-. The molecule has 0 aliphatic heterocycles. The molecule has 0 bridgehead atoms. The highest BCUT2D eigenvalue weighted by Gasteiger charge is 2.20. The van der Waals surface area contributed by atoms with Crippen LogP contribution >= 0.6 is 0 Å². The van der Waals surface area contributed by atoms with Gasteiger partial charge in [-0.15, -0.1) is 0 Å². The summed E-state index contributed by atoms with van der Waals surface area (Å²) in [5.41, 5.74) is 0.928. The number of hydrogen-bond acceptors (Lipinski definition) is 7. The molecule has 9 nitrogen and oxygen atoms in total. The van der Waals surface area contributed by atoms with Gasteiger partial charge in [-0.2, -0.15) is 13.5 Å². The summed E-state index contributed by atoms with van der Waals surface area (Å²) in [7, 11) is -2.66. The van der Waals surface area contributed by atoms with E-state index >= 15 is 0 Å². The van der Waals surface area contributed by atoms with Crippen molar-refractivity contribution in [2.24, 2.45) is 5.10 Å². The predicted molar refractivity (Wildman–Crippen MR) is 95.1 cm³/mol.